The molecule has 130 valence electrons. The summed E-state index contributed by atoms with van der Waals surface area (Å²) in [5, 5.41) is 21.1. The van der Waals surface area contributed by atoms with E-state index >= 15 is 0 Å². The molecular weight excluding hydrogens is 352 g/mol. The number of pyridine rings is 1. The van der Waals surface area contributed by atoms with E-state index in [-0.39, 0.29) is 5.69 Å². The van der Waals surface area contributed by atoms with Gasteiger partial charge < -0.3 is 4.74 Å². The number of nitro benzene ring substituents is 1. The van der Waals surface area contributed by atoms with Crippen LogP contribution in [0.25, 0.3) is 16.6 Å². The van der Waals surface area contributed by atoms with Crippen LogP contribution in [0, 0.1) is 10.1 Å². The monoisotopic (exact) mass is 366 g/mol. The molecule has 7 nitrogen and oxygen atoms in total. The van der Waals surface area contributed by atoms with Crippen molar-refractivity contribution < 1.29 is 9.66 Å². The smallest absolute Gasteiger partial charge is 0.269 e. The molecule has 2 heterocycles. The highest BCUT2D eigenvalue weighted by molar-refractivity contribution is 7.99. The second kappa shape index (κ2) is 7.01. The van der Waals surface area contributed by atoms with E-state index in [0.29, 0.717) is 18.1 Å². The highest BCUT2D eigenvalue weighted by Crippen LogP contribution is 2.23. The minimum absolute atomic E-state index is 0.0496. The van der Waals surface area contributed by atoms with Gasteiger partial charge in [0, 0.05) is 17.9 Å². The number of benzene rings is 2. The zero-order valence-corrected chi connectivity index (χ0v) is 14.4. The lowest BCUT2D eigenvalue weighted by atomic mass is 10.2. The second-order valence-electron chi connectivity index (χ2n) is 5.52. The third-order valence-corrected chi connectivity index (χ3v) is 4.77. The number of ether oxygens (including phenoxy) is 1. The van der Waals surface area contributed by atoms with Gasteiger partial charge in [0.1, 0.15) is 5.75 Å². The lowest BCUT2D eigenvalue weighted by Gasteiger charge is -2.06. The minimum Gasteiger partial charge on any atom is -0.493 e. The number of non-ortho nitro benzene ring substituents is 1. The van der Waals surface area contributed by atoms with Gasteiger partial charge >= 0.3 is 0 Å². The highest BCUT2D eigenvalue weighted by atomic mass is 32.2. The van der Waals surface area contributed by atoms with Crippen LogP contribution < -0.4 is 4.74 Å². The number of rotatable bonds is 6. The van der Waals surface area contributed by atoms with Crippen molar-refractivity contribution in [2.75, 3.05) is 12.4 Å². The van der Waals surface area contributed by atoms with Crippen molar-refractivity contribution in [2.24, 2.45) is 0 Å². The van der Waals surface area contributed by atoms with Crippen LogP contribution in [0.2, 0.25) is 0 Å². The molecule has 0 unspecified atom stereocenters. The normalized spacial score (nSPS) is 11.1. The molecule has 0 aliphatic heterocycles. The first-order valence-electron chi connectivity index (χ1n) is 7.95. The highest BCUT2D eigenvalue weighted by Gasteiger charge is 2.09. The molecule has 0 spiro atoms. The molecular formula is C18H14N4O3S. The molecule has 0 bridgehead atoms. The molecule has 0 N–H and O–H groups in total. The fraction of sp³-hybridized carbons (Fsp3) is 0.111. The van der Waals surface area contributed by atoms with Gasteiger partial charge in [-0.25, -0.2) is 0 Å². The fourth-order valence-corrected chi connectivity index (χ4v) is 3.43. The molecule has 26 heavy (non-hydrogen) atoms. The number of thioether (sulfide) groups is 1. The van der Waals surface area contributed by atoms with E-state index in [9.17, 15) is 10.1 Å². The van der Waals surface area contributed by atoms with Gasteiger partial charge in [0.25, 0.3) is 5.69 Å². The number of nitrogens with zero attached hydrogens (tertiary/aromatic N) is 4. The molecule has 2 aromatic heterocycles. The molecule has 4 rings (SSSR count). The molecule has 0 fully saturated rings. The average molecular weight is 366 g/mol. The molecule has 0 saturated heterocycles. The van der Waals surface area contributed by atoms with Crippen molar-refractivity contribution >= 4 is 34.0 Å². The summed E-state index contributed by atoms with van der Waals surface area (Å²) in [5.74, 6) is 1.29. The zero-order chi connectivity index (χ0) is 17.9. The predicted octanol–water partition coefficient (Wildman–Crippen LogP) is 3.96. The van der Waals surface area contributed by atoms with Gasteiger partial charge in [0.15, 0.2) is 10.8 Å². The van der Waals surface area contributed by atoms with Gasteiger partial charge in [-0.2, -0.15) is 0 Å². The van der Waals surface area contributed by atoms with Crippen molar-refractivity contribution in [1.29, 1.82) is 0 Å². The van der Waals surface area contributed by atoms with Crippen LogP contribution >= 0.6 is 11.8 Å². The summed E-state index contributed by atoms with van der Waals surface area (Å²) in [6.07, 6.45) is 0. The third kappa shape index (κ3) is 3.18. The Morgan fingerprint density at radius 2 is 1.85 bits per heavy atom. The van der Waals surface area contributed by atoms with Crippen LogP contribution in [0.3, 0.4) is 0 Å². The quantitative estimate of drug-likeness (QED) is 0.222. The van der Waals surface area contributed by atoms with Gasteiger partial charge in [0.2, 0.25) is 0 Å². The van der Waals surface area contributed by atoms with Crippen LogP contribution in [0.15, 0.2) is 65.8 Å². The van der Waals surface area contributed by atoms with Gasteiger partial charge in [-0.15, -0.1) is 10.2 Å². The maximum absolute atomic E-state index is 10.7. The SMILES string of the molecule is O=[N+]([O-])c1ccc(OCCSc2nnc3ccc4ccccc4n23)cc1. The van der Waals surface area contributed by atoms with Crippen LogP contribution in [0.5, 0.6) is 5.75 Å². The number of nitro groups is 1. The van der Waals surface area contributed by atoms with Crippen molar-refractivity contribution in [3.05, 3.63) is 70.8 Å². The van der Waals surface area contributed by atoms with Gasteiger partial charge in [-0.05, 0) is 35.7 Å². The number of aromatic nitrogens is 3. The van der Waals surface area contributed by atoms with E-state index < -0.39 is 4.92 Å². The van der Waals surface area contributed by atoms with Crippen LogP contribution in [-0.4, -0.2) is 31.9 Å². The van der Waals surface area contributed by atoms with Gasteiger partial charge in [-0.1, -0.05) is 30.0 Å². The minimum atomic E-state index is -0.430. The Balaban J connectivity index is 1.43. The Morgan fingerprint density at radius 1 is 1.04 bits per heavy atom. The standard InChI is InChI=1S/C18H14N4O3S/c23-22(24)14-6-8-15(9-7-14)25-11-12-26-18-20-19-17-10-5-13-3-1-2-4-16(13)21(17)18/h1-10H,11-12H2. The molecule has 0 aliphatic rings. The van der Waals surface area contributed by atoms with E-state index in [1.807, 2.05) is 34.7 Å². The number of para-hydroxylation sites is 1. The van der Waals surface area contributed by atoms with Crippen molar-refractivity contribution in [2.45, 2.75) is 5.16 Å². The van der Waals surface area contributed by atoms with E-state index in [1.165, 1.54) is 12.1 Å². The number of hydrogen-bond acceptors (Lipinski definition) is 6. The third-order valence-electron chi connectivity index (χ3n) is 3.88. The molecule has 2 aromatic carbocycles. The molecule has 0 radical (unpaired) electrons. The Hall–Kier alpha value is -3.13. The van der Waals surface area contributed by atoms with Crippen molar-refractivity contribution in [3.63, 3.8) is 0 Å². The van der Waals surface area contributed by atoms with E-state index in [0.717, 1.165) is 21.7 Å². The predicted molar refractivity (Wildman–Crippen MR) is 99.8 cm³/mol. The molecule has 0 saturated carbocycles. The summed E-state index contributed by atoms with van der Waals surface area (Å²) < 4.78 is 7.67. The summed E-state index contributed by atoms with van der Waals surface area (Å²) >= 11 is 1.55. The van der Waals surface area contributed by atoms with E-state index in [4.69, 9.17) is 4.74 Å². The Bertz CT molecular complexity index is 1080. The van der Waals surface area contributed by atoms with E-state index in [1.54, 1.807) is 23.9 Å². The lowest BCUT2D eigenvalue weighted by molar-refractivity contribution is -0.384. The summed E-state index contributed by atoms with van der Waals surface area (Å²) in [5.41, 5.74) is 1.92. The molecule has 8 heteroatoms. The first-order chi connectivity index (χ1) is 12.7. The fourth-order valence-electron chi connectivity index (χ4n) is 2.66. The topological polar surface area (TPSA) is 82.6 Å². The van der Waals surface area contributed by atoms with Crippen LogP contribution in [0.4, 0.5) is 5.69 Å². The molecule has 4 aromatic rings. The number of fused-ring (bicyclic) bond motifs is 3. The van der Waals surface area contributed by atoms with Gasteiger partial charge in [0.05, 0.1) is 17.0 Å². The largest absolute Gasteiger partial charge is 0.493 e. The first kappa shape index (κ1) is 16.3. The van der Waals surface area contributed by atoms with Crippen molar-refractivity contribution in [1.82, 2.24) is 14.6 Å². The maximum Gasteiger partial charge on any atom is 0.269 e. The summed E-state index contributed by atoms with van der Waals surface area (Å²) in [4.78, 5) is 10.2. The first-order valence-corrected chi connectivity index (χ1v) is 8.94. The Labute approximate surface area is 152 Å². The average Bonchev–Trinajstić information content (AvgIpc) is 3.09. The van der Waals surface area contributed by atoms with Crippen molar-refractivity contribution in [3.8, 4) is 5.75 Å². The lowest BCUT2D eigenvalue weighted by Crippen LogP contribution is -2.01. The summed E-state index contributed by atoms with van der Waals surface area (Å²) in [7, 11) is 0. The van der Waals surface area contributed by atoms with Crippen LogP contribution in [0.1, 0.15) is 0 Å². The molecule has 0 amide bonds. The molecule has 0 aliphatic carbocycles. The number of hydrogen-bond donors (Lipinski definition) is 0. The Morgan fingerprint density at radius 3 is 2.65 bits per heavy atom. The molecule has 0 atom stereocenters. The van der Waals surface area contributed by atoms with E-state index in [2.05, 4.69) is 16.3 Å². The van der Waals surface area contributed by atoms with Crippen LogP contribution in [-0.2, 0) is 0 Å². The maximum atomic E-state index is 10.7. The Kier molecular flexibility index (Phi) is 4.40. The summed E-state index contributed by atoms with van der Waals surface area (Å²) in [6, 6.07) is 18.1. The summed E-state index contributed by atoms with van der Waals surface area (Å²) in [6.45, 7) is 0.460. The zero-order valence-electron chi connectivity index (χ0n) is 13.6. The van der Waals surface area contributed by atoms with Gasteiger partial charge in [-0.3, -0.25) is 14.5 Å². The second-order valence-corrected chi connectivity index (χ2v) is 6.58.